The predicted molar refractivity (Wildman–Crippen MR) is 68.5 cm³/mol. The summed E-state index contributed by atoms with van der Waals surface area (Å²) in [5.41, 5.74) is 0.608. The van der Waals surface area contributed by atoms with Crippen LogP contribution in [0, 0.1) is 0 Å². The molecule has 0 atom stereocenters. The van der Waals surface area contributed by atoms with E-state index in [1.54, 1.807) is 25.2 Å². The van der Waals surface area contributed by atoms with Crippen molar-refractivity contribution in [2.24, 2.45) is 0 Å². The number of benzene rings is 1. The number of fused-ring (bicyclic) bond motifs is 1. The van der Waals surface area contributed by atoms with E-state index in [1.165, 1.54) is 11.2 Å². The molecule has 1 aromatic heterocycles. The number of rotatable bonds is 3. The quantitative estimate of drug-likeness (QED) is 0.863. The molecule has 0 aliphatic rings. The van der Waals surface area contributed by atoms with Crippen molar-refractivity contribution in [2.45, 2.75) is 12.6 Å². The van der Waals surface area contributed by atoms with E-state index in [9.17, 15) is 13.2 Å². The summed E-state index contributed by atoms with van der Waals surface area (Å²) < 4.78 is 36.7. The lowest BCUT2D eigenvalue weighted by atomic mass is 10.2. The highest BCUT2D eigenvalue weighted by Crippen LogP contribution is 2.26. The lowest BCUT2D eigenvalue weighted by Crippen LogP contribution is -2.25. The molecular weight excluding hydrogens is 279 g/mol. The molecule has 2 aromatic rings. The highest BCUT2D eigenvalue weighted by Gasteiger charge is 2.27. The summed E-state index contributed by atoms with van der Waals surface area (Å²) in [6, 6.07) is 5.02. The van der Waals surface area contributed by atoms with Gasteiger partial charge in [0.2, 0.25) is 0 Å². The van der Waals surface area contributed by atoms with Crippen molar-refractivity contribution < 1.29 is 13.2 Å². The third-order valence-electron chi connectivity index (χ3n) is 2.67. The molecule has 1 heterocycles. The average Bonchev–Trinajstić information content (AvgIpc) is 2.34. The van der Waals surface area contributed by atoms with E-state index < -0.39 is 12.6 Å². The molecule has 19 heavy (non-hydrogen) atoms. The van der Waals surface area contributed by atoms with Crippen LogP contribution in [0.4, 0.5) is 19.0 Å². The van der Waals surface area contributed by atoms with Gasteiger partial charge in [-0.3, -0.25) is 0 Å². The van der Waals surface area contributed by atoms with Gasteiger partial charge in [-0.05, 0) is 18.2 Å². The van der Waals surface area contributed by atoms with E-state index in [0.717, 1.165) is 0 Å². The second-order valence-electron chi connectivity index (χ2n) is 4.15. The molecule has 0 saturated carbocycles. The lowest BCUT2D eigenvalue weighted by molar-refractivity contribution is -0.132. The molecule has 0 amide bonds. The Hall–Kier alpha value is -1.56. The standard InChI is InChI=1S/C12H11ClF3N3/c1-19(5-4-12(14,15)16)11-9-3-2-8(13)6-10(9)17-7-18-11/h2-3,6-7H,4-5H2,1H3. The maximum absolute atomic E-state index is 12.2. The number of nitrogens with zero attached hydrogens (tertiary/aromatic N) is 3. The SMILES string of the molecule is CN(CCC(F)(F)F)c1ncnc2cc(Cl)ccc12. The van der Waals surface area contributed by atoms with Gasteiger partial charge in [0.1, 0.15) is 12.1 Å². The molecule has 0 saturated heterocycles. The van der Waals surface area contributed by atoms with Crippen LogP contribution in [0.1, 0.15) is 6.42 Å². The van der Waals surface area contributed by atoms with Crippen LogP contribution in [0.2, 0.25) is 5.02 Å². The minimum atomic E-state index is -4.18. The zero-order valence-electron chi connectivity index (χ0n) is 10.1. The summed E-state index contributed by atoms with van der Waals surface area (Å²) in [6.07, 6.45) is -3.75. The largest absolute Gasteiger partial charge is 0.390 e. The summed E-state index contributed by atoms with van der Waals surface area (Å²) in [5, 5.41) is 1.20. The topological polar surface area (TPSA) is 29.0 Å². The fraction of sp³-hybridized carbons (Fsp3) is 0.333. The summed E-state index contributed by atoms with van der Waals surface area (Å²) in [6.45, 7) is -0.155. The molecule has 0 fully saturated rings. The maximum atomic E-state index is 12.2. The molecule has 0 aliphatic carbocycles. The Morgan fingerprint density at radius 1 is 1.26 bits per heavy atom. The van der Waals surface area contributed by atoms with E-state index in [4.69, 9.17) is 11.6 Å². The molecule has 7 heteroatoms. The number of aromatic nitrogens is 2. The van der Waals surface area contributed by atoms with Crippen molar-refractivity contribution in [1.82, 2.24) is 9.97 Å². The van der Waals surface area contributed by atoms with Gasteiger partial charge in [-0.1, -0.05) is 11.6 Å². The predicted octanol–water partition coefficient (Wildman–Crippen LogP) is 3.67. The number of alkyl halides is 3. The van der Waals surface area contributed by atoms with E-state index >= 15 is 0 Å². The minimum absolute atomic E-state index is 0.155. The van der Waals surface area contributed by atoms with Crippen molar-refractivity contribution in [1.29, 1.82) is 0 Å². The Labute approximate surface area is 113 Å². The third kappa shape index (κ3) is 3.47. The van der Waals surface area contributed by atoms with Crippen LogP contribution < -0.4 is 4.90 Å². The van der Waals surface area contributed by atoms with Crippen LogP contribution in [-0.4, -0.2) is 29.7 Å². The summed E-state index contributed by atoms with van der Waals surface area (Å²) in [5.74, 6) is 0.464. The lowest BCUT2D eigenvalue weighted by Gasteiger charge is -2.20. The van der Waals surface area contributed by atoms with Gasteiger partial charge in [0.25, 0.3) is 0 Å². The Balaban J connectivity index is 2.29. The Kier molecular flexibility index (Phi) is 3.80. The molecule has 0 N–H and O–H groups in total. The van der Waals surface area contributed by atoms with Gasteiger partial charge in [-0.25, -0.2) is 9.97 Å². The first kappa shape index (κ1) is 13.9. The molecular formula is C12H11ClF3N3. The monoisotopic (exact) mass is 289 g/mol. The van der Waals surface area contributed by atoms with Crippen LogP contribution in [0.3, 0.4) is 0 Å². The van der Waals surface area contributed by atoms with Gasteiger partial charge in [-0.2, -0.15) is 13.2 Å². The first-order valence-corrected chi connectivity index (χ1v) is 5.93. The highest BCUT2D eigenvalue weighted by atomic mass is 35.5. The summed E-state index contributed by atoms with van der Waals surface area (Å²) in [4.78, 5) is 9.55. The minimum Gasteiger partial charge on any atom is -0.359 e. The van der Waals surface area contributed by atoms with Crippen molar-refractivity contribution in [3.05, 3.63) is 29.5 Å². The molecule has 1 aromatic carbocycles. The van der Waals surface area contributed by atoms with E-state index in [0.29, 0.717) is 21.7 Å². The van der Waals surface area contributed by atoms with E-state index in [2.05, 4.69) is 9.97 Å². The van der Waals surface area contributed by atoms with Crippen molar-refractivity contribution in [3.63, 3.8) is 0 Å². The smallest absolute Gasteiger partial charge is 0.359 e. The third-order valence-corrected chi connectivity index (χ3v) is 2.90. The molecule has 0 radical (unpaired) electrons. The number of hydrogen-bond donors (Lipinski definition) is 0. The van der Waals surface area contributed by atoms with Gasteiger partial charge in [0, 0.05) is 24.0 Å². The second-order valence-corrected chi connectivity index (χ2v) is 4.58. The molecule has 2 rings (SSSR count). The van der Waals surface area contributed by atoms with Crippen LogP contribution in [0.5, 0.6) is 0 Å². The fourth-order valence-corrected chi connectivity index (χ4v) is 1.89. The van der Waals surface area contributed by atoms with Gasteiger partial charge in [0.15, 0.2) is 0 Å². The van der Waals surface area contributed by atoms with Crippen LogP contribution in [0.25, 0.3) is 10.9 Å². The van der Waals surface area contributed by atoms with Crippen molar-refractivity contribution >= 4 is 28.3 Å². The maximum Gasteiger partial charge on any atom is 0.390 e. The van der Waals surface area contributed by atoms with Crippen LogP contribution in [0.15, 0.2) is 24.5 Å². The summed E-state index contributed by atoms with van der Waals surface area (Å²) >= 11 is 5.85. The molecule has 3 nitrogen and oxygen atoms in total. The highest BCUT2D eigenvalue weighted by molar-refractivity contribution is 6.31. The number of halogens is 4. The molecule has 0 aliphatic heterocycles. The molecule has 0 spiro atoms. The van der Waals surface area contributed by atoms with Gasteiger partial charge >= 0.3 is 6.18 Å². The Morgan fingerprint density at radius 3 is 2.68 bits per heavy atom. The second kappa shape index (κ2) is 5.21. The first-order chi connectivity index (χ1) is 8.87. The van der Waals surface area contributed by atoms with Gasteiger partial charge in [0.05, 0.1) is 11.9 Å². The number of hydrogen-bond acceptors (Lipinski definition) is 3. The van der Waals surface area contributed by atoms with Gasteiger partial charge in [-0.15, -0.1) is 0 Å². The van der Waals surface area contributed by atoms with Crippen LogP contribution in [-0.2, 0) is 0 Å². The van der Waals surface area contributed by atoms with Crippen molar-refractivity contribution in [2.75, 3.05) is 18.5 Å². The molecule has 0 bridgehead atoms. The zero-order valence-corrected chi connectivity index (χ0v) is 10.8. The molecule has 0 unspecified atom stereocenters. The normalized spacial score (nSPS) is 11.8. The Morgan fingerprint density at radius 2 is 2.00 bits per heavy atom. The number of anilines is 1. The fourth-order valence-electron chi connectivity index (χ4n) is 1.72. The first-order valence-electron chi connectivity index (χ1n) is 5.55. The van der Waals surface area contributed by atoms with E-state index in [1.807, 2.05) is 0 Å². The Bertz CT molecular complexity index is 586. The summed E-state index contributed by atoms with van der Waals surface area (Å²) in [7, 11) is 1.57. The molecule has 102 valence electrons. The van der Waals surface area contributed by atoms with E-state index in [-0.39, 0.29) is 6.54 Å². The zero-order chi connectivity index (χ0) is 14.0. The average molecular weight is 290 g/mol. The van der Waals surface area contributed by atoms with Crippen molar-refractivity contribution in [3.8, 4) is 0 Å². The van der Waals surface area contributed by atoms with Crippen LogP contribution >= 0.6 is 11.6 Å². The van der Waals surface area contributed by atoms with Gasteiger partial charge < -0.3 is 4.90 Å².